The highest BCUT2D eigenvalue weighted by atomic mass is 32.1. The van der Waals surface area contributed by atoms with Gasteiger partial charge in [0, 0.05) is 21.9 Å². The summed E-state index contributed by atoms with van der Waals surface area (Å²) in [6, 6.07) is 18.2. The molecule has 4 rings (SSSR count). The molecule has 0 aliphatic carbocycles. The molecule has 2 heterocycles. The molecule has 3 nitrogen and oxygen atoms in total. The van der Waals surface area contributed by atoms with Crippen molar-refractivity contribution in [2.45, 2.75) is 0 Å². The van der Waals surface area contributed by atoms with E-state index < -0.39 is 0 Å². The maximum Gasteiger partial charge on any atom is 0.143 e. The number of ether oxygens (including phenoxy) is 1. The fraction of sp³-hybridized carbons (Fsp3) is 0.0526. The first-order valence-electron chi connectivity index (χ1n) is 7.45. The highest BCUT2D eigenvalue weighted by molar-refractivity contribution is 7.15. The van der Waals surface area contributed by atoms with Gasteiger partial charge in [0.1, 0.15) is 21.5 Å². The Kier molecular flexibility index (Phi) is 4.11. The fourth-order valence-electron chi connectivity index (χ4n) is 2.37. The zero-order valence-electron chi connectivity index (χ0n) is 13.0. The molecule has 0 aliphatic rings. The number of benzene rings is 2. The van der Waals surface area contributed by atoms with Crippen molar-refractivity contribution in [3.05, 3.63) is 65.4 Å². The summed E-state index contributed by atoms with van der Waals surface area (Å²) in [5, 5.41) is 6.08. The molecule has 0 atom stereocenters. The van der Waals surface area contributed by atoms with Gasteiger partial charge in [0.15, 0.2) is 0 Å². The lowest BCUT2D eigenvalue weighted by Gasteiger charge is -2.00. The molecule has 0 radical (unpaired) electrons. The summed E-state index contributed by atoms with van der Waals surface area (Å²) in [6.07, 6.45) is 0. The predicted octanol–water partition coefficient (Wildman–Crippen LogP) is 5.61. The van der Waals surface area contributed by atoms with Gasteiger partial charge in [-0.2, -0.15) is 0 Å². The molecule has 0 amide bonds. The van der Waals surface area contributed by atoms with E-state index in [-0.39, 0.29) is 0 Å². The van der Waals surface area contributed by atoms with E-state index in [2.05, 4.69) is 22.9 Å². The van der Waals surface area contributed by atoms with Crippen molar-refractivity contribution in [2.24, 2.45) is 0 Å². The average Bonchev–Trinajstić information content (AvgIpc) is 3.32. The van der Waals surface area contributed by atoms with Crippen molar-refractivity contribution in [3.63, 3.8) is 0 Å². The summed E-state index contributed by atoms with van der Waals surface area (Å²) in [6.45, 7) is 0. The van der Waals surface area contributed by atoms with Crippen molar-refractivity contribution in [3.8, 4) is 38.3 Å². The molecule has 5 heteroatoms. The van der Waals surface area contributed by atoms with Gasteiger partial charge < -0.3 is 4.74 Å². The monoisotopic (exact) mass is 350 g/mol. The Morgan fingerprint density at radius 2 is 1.38 bits per heavy atom. The number of hydrogen-bond donors (Lipinski definition) is 0. The van der Waals surface area contributed by atoms with Crippen LogP contribution in [0.3, 0.4) is 0 Å². The van der Waals surface area contributed by atoms with Gasteiger partial charge in [0.25, 0.3) is 0 Å². The first-order chi connectivity index (χ1) is 11.8. The molecule has 118 valence electrons. The van der Waals surface area contributed by atoms with Crippen molar-refractivity contribution in [1.82, 2.24) is 9.97 Å². The van der Waals surface area contributed by atoms with Crippen LogP contribution in [0.1, 0.15) is 0 Å². The summed E-state index contributed by atoms with van der Waals surface area (Å²) in [5.41, 5.74) is 4.14. The van der Waals surface area contributed by atoms with Crippen LogP contribution in [0.2, 0.25) is 0 Å². The van der Waals surface area contributed by atoms with E-state index >= 15 is 0 Å². The van der Waals surface area contributed by atoms with Gasteiger partial charge in [-0.3, -0.25) is 0 Å². The van der Waals surface area contributed by atoms with Crippen molar-refractivity contribution >= 4 is 22.7 Å². The molecule has 0 fully saturated rings. The van der Waals surface area contributed by atoms with Crippen LogP contribution in [0.5, 0.6) is 5.75 Å². The van der Waals surface area contributed by atoms with E-state index in [0.29, 0.717) is 0 Å². The van der Waals surface area contributed by atoms with Crippen LogP contribution in [0, 0.1) is 0 Å². The molecule has 24 heavy (non-hydrogen) atoms. The van der Waals surface area contributed by atoms with Gasteiger partial charge in [-0.1, -0.05) is 30.3 Å². The molecule has 0 N–H and O–H groups in total. The summed E-state index contributed by atoms with van der Waals surface area (Å²) < 4.78 is 5.20. The maximum atomic E-state index is 5.20. The Balaban J connectivity index is 1.62. The zero-order chi connectivity index (χ0) is 16.4. The molecule has 2 aromatic heterocycles. The van der Waals surface area contributed by atoms with E-state index in [9.17, 15) is 0 Å². The third kappa shape index (κ3) is 2.96. The lowest BCUT2D eigenvalue weighted by atomic mass is 10.2. The number of methoxy groups -OCH3 is 1. The van der Waals surface area contributed by atoms with E-state index in [1.54, 1.807) is 29.8 Å². The lowest BCUT2D eigenvalue weighted by molar-refractivity contribution is 0.415. The van der Waals surface area contributed by atoms with Crippen LogP contribution >= 0.6 is 22.7 Å². The third-order valence-corrected chi connectivity index (χ3v) is 5.39. The van der Waals surface area contributed by atoms with Crippen molar-refractivity contribution < 1.29 is 4.74 Å². The second-order valence-corrected chi connectivity index (χ2v) is 6.89. The summed E-state index contributed by atoms with van der Waals surface area (Å²) in [7, 11) is 1.67. The molecule has 0 saturated carbocycles. The van der Waals surface area contributed by atoms with Gasteiger partial charge in [-0.05, 0) is 24.3 Å². The second-order valence-electron chi connectivity index (χ2n) is 5.17. The molecule has 0 bridgehead atoms. The number of nitrogens with zero attached hydrogens (tertiary/aromatic N) is 2. The van der Waals surface area contributed by atoms with Gasteiger partial charge in [0.05, 0.1) is 12.8 Å². The summed E-state index contributed by atoms with van der Waals surface area (Å²) in [4.78, 5) is 9.47. The highest BCUT2D eigenvalue weighted by Gasteiger charge is 2.11. The largest absolute Gasteiger partial charge is 0.497 e. The summed E-state index contributed by atoms with van der Waals surface area (Å²) >= 11 is 3.26. The molecule has 0 aliphatic heterocycles. The third-order valence-electron chi connectivity index (χ3n) is 3.63. The van der Waals surface area contributed by atoms with Crippen molar-refractivity contribution in [1.29, 1.82) is 0 Å². The van der Waals surface area contributed by atoms with Crippen molar-refractivity contribution in [2.75, 3.05) is 7.11 Å². The van der Waals surface area contributed by atoms with Gasteiger partial charge in [0.2, 0.25) is 0 Å². The van der Waals surface area contributed by atoms with Gasteiger partial charge >= 0.3 is 0 Å². The lowest BCUT2D eigenvalue weighted by Crippen LogP contribution is -1.83. The van der Waals surface area contributed by atoms with Crippen LogP contribution in [0.4, 0.5) is 0 Å². The van der Waals surface area contributed by atoms with Crippen LogP contribution < -0.4 is 4.74 Å². The number of hydrogen-bond acceptors (Lipinski definition) is 5. The predicted molar refractivity (Wildman–Crippen MR) is 101 cm³/mol. The Labute approximate surface area is 148 Å². The molecule has 0 unspecified atom stereocenters. The Morgan fingerprint density at radius 1 is 0.708 bits per heavy atom. The van der Waals surface area contributed by atoms with Crippen LogP contribution in [0.25, 0.3) is 32.5 Å². The molecule has 0 spiro atoms. The van der Waals surface area contributed by atoms with E-state index in [1.165, 1.54) is 0 Å². The highest BCUT2D eigenvalue weighted by Crippen LogP contribution is 2.33. The number of thiazole rings is 2. The SMILES string of the molecule is COc1ccc(-c2nc(-c3nc(-c4ccccc4)cs3)cs2)cc1. The summed E-state index contributed by atoms with van der Waals surface area (Å²) in [5.74, 6) is 0.850. The minimum Gasteiger partial charge on any atom is -0.497 e. The number of rotatable bonds is 4. The van der Waals surface area contributed by atoms with Gasteiger partial charge in [-0.25, -0.2) is 9.97 Å². The molecular weight excluding hydrogens is 336 g/mol. The fourth-order valence-corrected chi connectivity index (χ4v) is 4.04. The molecule has 0 saturated heterocycles. The maximum absolute atomic E-state index is 5.20. The smallest absolute Gasteiger partial charge is 0.143 e. The first kappa shape index (κ1) is 15.1. The Morgan fingerprint density at radius 3 is 2.12 bits per heavy atom. The molecular formula is C19H14N2OS2. The molecule has 4 aromatic rings. The molecule has 2 aromatic carbocycles. The van der Waals surface area contributed by atoms with Crippen LogP contribution in [0.15, 0.2) is 65.4 Å². The van der Waals surface area contributed by atoms with E-state index in [0.717, 1.165) is 38.3 Å². The van der Waals surface area contributed by atoms with Crippen LogP contribution in [-0.2, 0) is 0 Å². The van der Waals surface area contributed by atoms with E-state index in [4.69, 9.17) is 14.7 Å². The second kappa shape index (κ2) is 6.55. The average molecular weight is 350 g/mol. The normalized spacial score (nSPS) is 10.7. The number of aromatic nitrogens is 2. The van der Waals surface area contributed by atoms with Crippen LogP contribution in [-0.4, -0.2) is 17.1 Å². The first-order valence-corrected chi connectivity index (χ1v) is 9.21. The zero-order valence-corrected chi connectivity index (χ0v) is 14.6. The minimum atomic E-state index is 0.850. The van der Waals surface area contributed by atoms with E-state index in [1.807, 2.05) is 42.5 Å². The Hall–Kier alpha value is -2.50. The minimum absolute atomic E-state index is 0.850. The standard InChI is InChI=1S/C19H14N2OS2/c1-22-15-9-7-14(8-10-15)18-21-17(12-23-18)19-20-16(11-24-19)13-5-3-2-4-6-13/h2-12H,1H3. The topological polar surface area (TPSA) is 35.0 Å². The Bertz CT molecular complexity index is 943. The quantitative estimate of drug-likeness (QED) is 0.480. The van der Waals surface area contributed by atoms with Gasteiger partial charge in [-0.15, -0.1) is 22.7 Å².